The van der Waals surface area contributed by atoms with Crippen molar-refractivity contribution in [2.75, 3.05) is 13.7 Å². The number of methoxy groups -OCH3 is 1. The van der Waals surface area contributed by atoms with E-state index in [9.17, 15) is 14.4 Å². The number of esters is 1. The molecule has 1 heterocycles. The molecule has 2 amide bonds. The molecule has 1 aromatic rings. The highest BCUT2D eigenvalue weighted by Gasteiger charge is 2.37. The van der Waals surface area contributed by atoms with E-state index >= 15 is 0 Å². The molecule has 0 aliphatic carbocycles. The second-order valence-electron chi connectivity index (χ2n) is 7.56. The number of amides is 2. The molecule has 2 rings (SSSR count). The molecule has 29 heavy (non-hydrogen) atoms. The fourth-order valence-corrected chi connectivity index (χ4v) is 3.57. The van der Waals surface area contributed by atoms with E-state index in [1.807, 2.05) is 13.8 Å². The summed E-state index contributed by atoms with van der Waals surface area (Å²) >= 11 is 7.05. The van der Waals surface area contributed by atoms with Gasteiger partial charge in [0.25, 0.3) is 11.1 Å². The van der Waals surface area contributed by atoms with Crippen molar-refractivity contribution in [2.24, 2.45) is 0 Å². The minimum absolute atomic E-state index is 0.100. The fraction of sp³-hybridized carbons (Fsp3) is 0.450. The second kappa shape index (κ2) is 9.09. The third-order valence-electron chi connectivity index (χ3n) is 3.48. The Labute approximate surface area is 179 Å². The monoisotopic (exact) mass is 441 g/mol. The molecular formula is C20H24ClNO6S. The smallest absolute Gasteiger partial charge is 0.326 e. The standard InChI is InChI=1S/C20H24ClNO6S/c1-11(2)27-17-13(21)7-12(8-14(17)26-6)9-15-18(24)22(19(25)29-15)10-16(23)28-20(3,4)5/h7-9,11H,10H2,1-6H3. The molecule has 0 spiro atoms. The maximum Gasteiger partial charge on any atom is 0.326 e. The van der Waals surface area contributed by atoms with Crippen molar-refractivity contribution in [1.82, 2.24) is 4.90 Å². The van der Waals surface area contributed by atoms with Gasteiger partial charge in [0.05, 0.1) is 23.1 Å². The van der Waals surface area contributed by atoms with Gasteiger partial charge in [0.15, 0.2) is 11.5 Å². The lowest BCUT2D eigenvalue weighted by atomic mass is 10.1. The number of thioether (sulfide) groups is 1. The average molecular weight is 442 g/mol. The van der Waals surface area contributed by atoms with Gasteiger partial charge in [-0.3, -0.25) is 19.3 Å². The van der Waals surface area contributed by atoms with E-state index in [1.54, 1.807) is 32.9 Å². The van der Waals surface area contributed by atoms with Crippen LogP contribution in [0.25, 0.3) is 6.08 Å². The van der Waals surface area contributed by atoms with Crippen molar-refractivity contribution >= 4 is 46.6 Å². The number of imide groups is 1. The van der Waals surface area contributed by atoms with Crippen LogP contribution in [-0.4, -0.2) is 47.4 Å². The van der Waals surface area contributed by atoms with Crippen LogP contribution >= 0.6 is 23.4 Å². The van der Waals surface area contributed by atoms with Gasteiger partial charge >= 0.3 is 5.97 Å². The third kappa shape index (κ3) is 6.14. The number of carbonyl (C=O) groups excluding carboxylic acids is 3. The molecule has 1 aliphatic rings. The highest BCUT2D eigenvalue weighted by Crippen LogP contribution is 2.39. The molecule has 0 atom stereocenters. The summed E-state index contributed by atoms with van der Waals surface area (Å²) < 4.78 is 16.2. The summed E-state index contributed by atoms with van der Waals surface area (Å²) in [6.45, 7) is 8.42. The maximum absolute atomic E-state index is 12.6. The van der Waals surface area contributed by atoms with Gasteiger partial charge < -0.3 is 14.2 Å². The molecule has 9 heteroatoms. The molecule has 0 radical (unpaired) electrons. The highest BCUT2D eigenvalue weighted by molar-refractivity contribution is 8.18. The Balaban J connectivity index is 2.25. The van der Waals surface area contributed by atoms with Crippen molar-refractivity contribution in [3.63, 3.8) is 0 Å². The minimum atomic E-state index is -0.707. The summed E-state index contributed by atoms with van der Waals surface area (Å²) in [5.41, 5.74) is -0.146. The van der Waals surface area contributed by atoms with Gasteiger partial charge in [-0.1, -0.05) is 11.6 Å². The quantitative estimate of drug-likeness (QED) is 0.474. The van der Waals surface area contributed by atoms with E-state index in [1.165, 1.54) is 13.2 Å². The molecule has 1 saturated heterocycles. The van der Waals surface area contributed by atoms with Crippen molar-refractivity contribution in [3.05, 3.63) is 27.6 Å². The third-order valence-corrected chi connectivity index (χ3v) is 4.67. The van der Waals surface area contributed by atoms with Gasteiger partial charge in [-0.25, -0.2) is 0 Å². The Morgan fingerprint density at radius 3 is 2.48 bits per heavy atom. The van der Waals surface area contributed by atoms with Crippen LogP contribution < -0.4 is 9.47 Å². The molecule has 1 aliphatic heterocycles. The van der Waals surface area contributed by atoms with E-state index in [0.717, 1.165) is 16.7 Å². The summed E-state index contributed by atoms with van der Waals surface area (Å²) in [5, 5.41) is -0.220. The fourth-order valence-electron chi connectivity index (χ4n) is 2.46. The lowest BCUT2D eigenvalue weighted by Gasteiger charge is -2.21. The van der Waals surface area contributed by atoms with Crippen LogP contribution in [-0.2, 0) is 14.3 Å². The number of halogens is 1. The zero-order chi connectivity index (χ0) is 21.9. The summed E-state index contributed by atoms with van der Waals surface area (Å²) in [6, 6.07) is 3.27. The van der Waals surface area contributed by atoms with Crippen molar-refractivity contribution in [2.45, 2.75) is 46.3 Å². The number of nitrogens with zero attached hydrogens (tertiary/aromatic N) is 1. The van der Waals surface area contributed by atoms with Gasteiger partial charge in [0.1, 0.15) is 12.1 Å². The predicted octanol–water partition coefficient (Wildman–Crippen LogP) is 4.51. The topological polar surface area (TPSA) is 82.1 Å². The van der Waals surface area contributed by atoms with Gasteiger partial charge in [-0.2, -0.15) is 0 Å². The van der Waals surface area contributed by atoms with Crippen LogP contribution in [0.4, 0.5) is 4.79 Å². The highest BCUT2D eigenvalue weighted by atomic mass is 35.5. The molecule has 7 nitrogen and oxygen atoms in total. The molecule has 158 valence electrons. The van der Waals surface area contributed by atoms with Gasteiger partial charge in [0.2, 0.25) is 0 Å². The van der Waals surface area contributed by atoms with E-state index in [-0.39, 0.29) is 11.0 Å². The molecule has 0 bridgehead atoms. The number of rotatable bonds is 6. The SMILES string of the molecule is COc1cc(C=C2SC(=O)N(CC(=O)OC(C)(C)C)C2=O)cc(Cl)c1OC(C)C. The Hall–Kier alpha value is -2.19. The lowest BCUT2D eigenvalue weighted by Crippen LogP contribution is -2.37. The van der Waals surface area contributed by atoms with Crippen LogP contribution in [0, 0.1) is 0 Å². The number of benzene rings is 1. The van der Waals surface area contributed by atoms with E-state index in [2.05, 4.69) is 0 Å². The van der Waals surface area contributed by atoms with Gasteiger partial charge in [-0.15, -0.1) is 0 Å². The number of hydrogen-bond acceptors (Lipinski definition) is 7. The predicted molar refractivity (Wildman–Crippen MR) is 112 cm³/mol. The first-order chi connectivity index (χ1) is 13.4. The van der Waals surface area contributed by atoms with E-state index in [0.29, 0.717) is 22.1 Å². The molecule has 0 saturated carbocycles. The first kappa shape index (κ1) is 23.1. The average Bonchev–Trinajstić information content (AvgIpc) is 2.82. The molecular weight excluding hydrogens is 418 g/mol. The second-order valence-corrected chi connectivity index (χ2v) is 8.96. The van der Waals surface area contributed by atoms with Crippen LogP contribution in [0.15, 0.2) is 17.0 Å². The first-order valence-corrected chi connectivity index (χ1v) is 10.1. The Bertz CT molecular complexity index is 859. The lowest BCUT2D eigenvalue weighted by molar-refractivity contribution is -0.156. The zero-order valence-electron chi connectivity index (χ0n) is 17.2. The summed E-state index contributed by atoms with van der Waals surface area (Å²) in [5.74, 6) is -0.408. The number of ether oxygens (including phenoxy) is 3. The van der Waals surface area contributed by atoms with Crippen LogP contribution in [0.1, 0.15) is 40.2 Å². The normalized spacial score (nSPS) is 16.0. The van der Waals surface area contributed by atoms with Gasteiger partial charge in [0, 0.05) is 0 Å². The Morgan fingerprint density at radius 1 is 1.28 bits per heavy atom. The van der Waals surface area contributed by atoms with Crippen molar-refractivity contribution < 1.29 is 28.6 Å². The summed E-state index contributed by atoms with van der Waals surface area (Å²) in [7, 11) is 1.48. The van der Waals surface area contributed by atoms with Gasteiger partial charge in [-0.05, 0) is 70.2 Å². The molecule has 1 fully saturated rings. The molecule has 1 aromatic carbocycles. The van der Waals surface area contributed by atoms with Crippen LogP contribution in [0.5, 0.6) is 11.5 Å². The maximum atomic E-state index is 12.6. The van der Waals surface area contributed by atoms with Crippen molar-refractivity contribution in [3.8, 4) is 11.5 Å². The zero-order valence-corrected chi connectivity index (χ0v) is 18.8. The Morgan fingerprint density at radius 2 is 1.93 bits per heavy atom. The first-order valence-electron chi connectivity index (χ1n) is 8.92. The van der Waals surface area contributed by atoms with Crippen LogP contribution in [0.3, 0.4) is 0 Å². The van der Waals surface area contributed by atoms with E-state index in [4.69, 9.17) is 25.8 Å². The van der Waals surface area contributed by atoms with E-state index < -0.39 is 29.3 Å². The Kier molecular flexibility index (Phi) is 7.24. The molecule has 0 N–H and O–H groups in total. The summed E-state index contributed by atoms with van der Waals surface area (Å²) in [4.78, 5) is 37.8. The molecule has 0 unspecified atom stereocenters. The summed E-state index contributed by atoms with van der Waals surface area (Å²) in [6.07, 6.45) is 1.42. The number of carbonyl (C=O) groups is 3. The minimum Gasteiger partial charge on any atom is -0.493 e. The molecule has 0 aromatic heterocycles. The van der Waals surface area contributed by atoms with Crippen LogP contribution in [0.2, 0.25) is 5.02 Å². The largest absolute Gasteiger partial charge is 0.493 e. The number of hydrogen-bond donors (Lipinski definition) is 0. The van der Waals surface area contributed by atoms with Crippen molar-refractivity contribution in [1.29, 1.82) is 0 Å².